The lowest BCUT2D eigenvalue weighted by atomic mass is 10.2. The molecule has 0 aromatic rings. The molecule has 3 N–H and O–H groups in total. The first kappa shape index (κ1) is 14.3. The number of aliphatic hydroxyl groups excluding tert-OH is 2. The third-order valence-electron chi connectivity index (χ3n) is 1.91. The summed E-state index contributed by atoms with van der Waals surface area (Å²) in [5.41, 5.74) is 0. The van der Waals surface area contributed by atoms with Gasteiger partial charge < -0.3 is 20.1 Å². The maximum absolute atomic E-state index is 10.3. The van der Waals surface area contributed by atoms with Crippen molar-refractivity contribution in [3.8, 4) is 0 Å². The molecule has 0 aromatic carbocycles. The van der Waals surface area contributed by atoms with Gasteiger partial charge in [-0.1, -0.05) is 0 Å². The number of carboxylic acid groups (broad SMARTS) is 1. The van der Waals surface area contributed by atoms with Gasteiger partial charge in [0, 0.05) is 26.7 Å². The Morgan fingerprint density at radius 2 is 2.13 bits per heavy atom. The Bertz CT molecular complexity index is 176. The summed E-state index contributed by atoms with van der Waals surface area (Å²) in [4.78, 5) is 12.1. The van der Waals surface area contributed by atoms with Crippen LogP contribution < -0.4 is 0 Å². The third-order valence-corrected chi connectivity index (χ3v) is 1.91. The lowest BCUT2D eigenvalue weighted by molar-refractivity contribution is -0.139. The second kappa shape index (κ2) is 8.60. The first-order chi connectivity index (χ1) is 7.10. The molecule has 15 heavy (non-hydrogen) atoms. The van der Waals surface area contributed by atoms with Gasteiger partial charge in [-0.25, -0.2) is 0 Å². The lowest BCUT2D eigenvalue weighted by Crippen LogP contribution is -2.37. The molecule has 6 nitrogen and oxygen atoms in total. The van der Waals surface area contributed by atoms with Crippen LogP contribution in [-0.4, -0.2) is 72.3 Å². The van der Waals surface area contributed by atoms with Gasteiger partial charge in [-0.2, -0.15) is 0 Å². The molecule has 0 heterocycles. The Morgan fingerprint density at radius 3 is 2.60 bits per heavy atom. The van der Waals surface area contributed by atoms with Crippen molar-refractivity contribution in [2.75, 3.05) is 40.0 Å². The van der Waals surface area contributed by atoms with Crippen LogP contribution in [0.4, 0.5) is 0 Å². The molecule has 6 heteroatoms. The molecule has 0 amide bonds. The van der Waals surface area contributed by atoms with Gasteiger partial charge in [0.1, 0.15) is 0 Å². The SMILES string of the molecule is COCCN(CCO)CC(O)CC(=O)O. The molecular weight excluding hydrogens is 202 g/mol. The predicted molar refractivity (Wildman–Crippen MR) is 53.7 cm³/mol. The number of aliphatic hydroxyl groups is 2. The molecule has 0 saturated carbocycles. The van der Waals surface area contributed by atoms with Crippen molar-refractivity contribution in [2.24, 2.45) is 0 Å². The molecule has 0 radical (unpaired) electrons. The van der Waals surface area contributed by atoms with Crippen molar-refractivity contribution in [1.82, 2.24) is 4.90 Å². The summed E-state index contributed by atoms with van der Waals surface area (Å²) < 4.78 is 4.86. The van der Waals surface area contributed by atoms with Crippen molar-refractivity contribution in [3.05, 3.63) is 0 Å². The fourth-order valence-electron chi connectivity index (χ4n) is 1.22. The van der Waals surface area contributed by atoms with E-state index in [0.29, 0.717) is 19.7 Å². The van der Waals surface area contributed by atoms with Gasteiger partial charge in [-0.15, -0.1) is 0 Å². The summed E-state index contributed by atoms with van der Waals surface area (Å²) in [6.45, 7) is 1.66. The van der Waals surface area contributed by atoms with Crippen LogP contribution in [0, 0.1) is 0 Å². The molecule has 0 saturated heterocycles. The normalized spacial score (nSPS) is 13.1. The van der Waals surface area contributed by atoms with Crippen LogP contribution in [0.3, 0.4) is 0 Å². The van der Waals surface area contributed by atoms with Gasteiger partial charge in [-0.3, -0.25) is 9.69 Å². The minimum atomic E-state index is -1.03. The van der Waals surface area contributed by atoms with Gasteiger partial charge in [0.05, 0.1) is 25.7 Å². The highest BCUT2D eigenvalue weighted by molar-refractivity contribution is 5.67. The highest BCUT2D eigenvalue weighted by Crippen LogP contribution is 1.97. The largest absolute Gasteiger partial charge is 0.481 e. The zero-order chi connectivity index (χ0) is 11.7. The Balaban J connectivity index is 3.85. The molecule has 1 atom stereocenters. The minimum Gasteiger partial charge on any atom is -0.481 e. The van der Waals surface area contributed by atoms with Crippen molar-refractivity contribution < 1.29 is 24.9 Å². The number of carbonyl (C=O) groups is 1. The molecule has 0 rings (SSSR count). The highest BCUT2D eigenvalue weighted by Gasteiger charge is 2.14. The molecule has 0 aliphatic carbocycles. The van der Waals surface area contributed by atoms with E-state index in [4.69, 9.17) is 14.9 Å². The molecule has 1 unspecified atom stereocenters. The van der Waals surface area contributed by atoms with E-state index in [2.05, 4.69) is 0 Å². The van der Waals surface area contributed by atoms with E-state index < -0.39 is 12.1 Å². The monoisotopic (exact) mass is 221 g/mol. The summed E-state index contributed by atoms with van der Waals surface area (Å²) >= 11 is 0. The van der Waals surface area contributed by atoms with Gasteiger partial charge in [0.2, 0.25) is 0 Å². The third kappa shape index (κ3) is 8.31. The quantitative estimate of drug-likeness (QED) is 0.451. The lowest BCUT2D eigenvalue weighted by Gasteiger charge is -2.23. The Hall–Kier alpha value is -0.690. The molecule has 0 aliphatic rings. The molecule has 0 fully saturated rings. The van der Waals surface area contributed by atoms with Crippen molar-refractivity contribution in [3.63, 3.8) is 0 Å². The zero-order valence-corrected chi connectivity index (χ0v) is 8.93. The van der Waals surface area contributed by atoms with Crippen molar-refractivity contribution in [1.29, 1.82) is 0 Å². The number of hydrogen-bond acceptors (Lipinski definition) is 5. The van der Waals surface area contributed by atoms with Crippen LogP contribution in [0.5, 0.6) is 0 Å². The number of aliphatic carboxylic acids is 1. The topological polar surface area (TPSA) is 90.2 Å². The van der Waals surface area contributed by atoms with Crippen LogP contribution in [0.15, 0.2) is 0 Å². The summed E-state index contributed by atoms with van der Waals surface area (Å²) in [6, 6.07) is 0. The number of rotatable bonds is 9. The van der Waals surface area contributed by atoms with E-state index >= 15 is 0 Å². The van der Waals surface area contributed by atoms with Gasteiger partial charge in [0.25, 0.3) is 0 Å². The maximum atomic E-state index is 10.3. The summed E-state index contributed by atoms with van der Waals surface area (Å²) in [6.07, 6.45) is -1.19. The van der Waals surface area contributed by atoms with E-state index in [9.17, 15) is 9.90 Å². The van der Waals surface area contributed by atoms with Crippen LogP contribution in [0.25, 0.3) is 0 Å². The average Bonchev–Trinajstić information content (AvgIpc) is 2.13. The molecular formula is C9H19NO5. The first-order valence-corrected chi connectivity index (χ1v) is 4.82. The molecule has 0 bridgehead atoms. The van der Waals surface area contributed by atoms with Gasteiger partial charge >= 0.3 is 5.97 Å². The zero-order valence-electron chi connectivity index (χ0n) is 8.93. The summed E-state index contributed by atoms with van der Waals surface area (Å²) in [7, 11) is 1.56. The van der Waals surface area contributed by atoms with Crippen LogP contribution in [-0.2, 0) is 9.53 Å². The smallest absolute Gasteiger partial charge is 0.306 e. The molecule has 0 aliphatic heterocycles. The maximum Gasteiger partial charge on any atom is 0.306 e. The number of carboxylic acids is 1. The van der Waals surface area contributed by atoms with E-state index in [1.165, 1.54) is 0 Å². The summed E-state index contributed by atoms with van der Waals surface area (Å²) in [5.74, 6) is -1.03. The van der Waals surface area contributed by atoms with Crippen molar-refractivity contribution in [2.45, 2.75) is 12.5 Å². The van der Waals surface area contributed by atoms with E-state index in [1.54, 1.807) is 12.0 Å². The number of ether oxygens (including phenoxy) is 1. The van der Waals surface area contributed by atoms with Gasteiger partial charge in [-0.05, 0) is 0 Å². The molecule has 90 valence electrons. The summed E-state index contributed by atoms with van der Waals surface area (Å²) in [5, 5.41) is 26.6. The first-order valence-electron chi connectivity index (χ1n) is 4.82. The standard InChI is InChI=1S/C9H19NO5/c1-15-5-3-10(2-4-11)7-8(12)6-9(13)14/h8,11-12H,2-7H2,1H3,(H,13,14). The van der Waals surface area contributed by atoms with Crippen LogP contribution in [0.2, 0.25) is 0 Å². The fourth-order valence-corrected chi connectivity index (χ4v) is 1.22. The van der Waals surface area contributed by atoms with E-state index in [0.717, 1.165) is 0 Å². The van der Waals surface area contributed by atoms with Crippen molar-refractivity contribution >= 4 is 5.97 Å². The Kier molecular flexibility index (Phi) is 8.21. The second-order valence-electron chi connectivity index (χ2n) is 3.27. The van der Waals surface area contributed by atoms with Crippen LogP contribution >= 0.6 is 0 Å². The highest BCUT2D eigenvalue weighted by atomic mass is 16.5. The van der Waals surface area contributed by atoms with E-state index in [-0.39, 0.29) is 19.6 Å². The number of nitrogens with zero attached hydrogens (tertiary/aromatic N) is 1. The van der Waals surface area contributed by atoms with Crippen LogP contribution in [0.1, 0.15) is 6.42 Å². The number of methoxy groups -OCH3 is 1. The molecule has 0 spiro atoms. The minimum absolute atomic E-state index is 0.0243. The second-order valence-corrected chi connectivity index (χ2v) is 3.27. The van der Waals surface area contributed by atoms with E-state index in [1.807, 2.05) is 0 Å². The van der Waals surface area contributed by atoms with Gasteiger partial charge in [0.15, 0.2) is 0 Å². The average molecular weight is 221 g/mol. The predicted octanol–water partition coefficient (Wildman–Crippen LogP) is -1.24. The fraction of sp³-hybridized carbons (Fsp3) is 0.889. The Labute approximate surface area is 89.1 Å². The Morgan fingerprint density at radius 1 is 1.47 bits per heavy atom. The number of hydrogen-bond donors (Lipinski definition) is 3. The molecule has 0 aromatic heterocycles.